The average Bonchev–Trinajstić information content (AvgIpc) is 2.28. The molecule has 17 heavy (non-hydrogen) atoms. The molecule has 88 valence electrons. The fourth-order valence-electron chi connectivity index (χ4n) is 2.11. The first-order chi connectivity index (χ1) is 8.09. The molecule has 0 fully saturated rings. The molecule has 2 amide bonds. The summed E-state index contributed by atoms with van der Waals surface area (Å²) in [5.41, 5.74) is 6.97. The highest BCUT2D eigenvalue weighted by Gasteiger charge is 2.36. The van der Waals surface area contributed by atoms with Crippen molar-refractivity contribution in [2.75, 3.05) is 0 Å². The van der Waals surface area contributed by atoms with E-state index in [0.717, 1.165) is 11.3 Å². The van der Waals surface area contributed by atoms with Crippen molar-refractivity contribution in [3.8, 4) is 0 Å². The van der Waals surface area contributed by atoms with Gasteiger partial charge in [0.15, 0.2) is 0 Å². The zero-order valence-electron chi connectivity index (χ0n) is 9.51. The van der Waals surface area contributed by atoms with Gasteiger partial charge in [-0.1, -0.05) is 36.4 Å². The highest BCUT2D eigenvalue weighted by Crippen LogP contribution is 2.30. The van der Waals surface area contributed by atoms with Crippen LogP contribution in [-0.2, 0) is 9.59 Å². The van der Waals surface area contributed by atoms with Gasteiger partial charge in [-0.25, -0.2) is 0 Å². The summed E-state index contributed by atoms with van der Waals surface area (Å²) < 4.78 is 0. The molecule has 1 aliphatic rings. The maximum Gasteiger partial charge on any atom is 0.237 e. The van der Waals surface area contributed by atoms with Gasteiger partial charge in [0.05, 0.1) is 0 Å². The monoisotopic (exact) mass is 230 g/mol. The standard InChI is InChI=1S/C13H14N2O2/c1-8-7-10(9-5-3-2-4-6-9)11(12(14)16)13(17)15-8/h2-7,10-11H,1H3,(H2,14,16)(H,15,17). The molecule has 0 saturated carbocycles. The summed E-state index contributed by atoms with van der Waals surface area (Å²) in [4.78, 5) is 23.2. The van der Waals surface area contributed by atoms with Crippen LogP contribution in [0.2, 0.25) is 0 Å². The zero-order chi connectivity index (χ0) is 12.4. The summed E-state index contributed by atoms with van der Waals surface area (Å²) in [6, 6.07) is 9.43. The van der Waals surface area contributed by atoms with E-state index in [4.69, 9.17) is 5.73 Å². The number of hydrogen-bond acceptors (Lipinski definition) is 2. The quantitative estimate of drug-likeness (QED) is 0.741. The minimum atomic E-state index is -0.832. The number of benzene rings is 1. The first-order valence-electron chi connectivity index (χ1n) is 5.43. The molecule has 1 heterocycles. The second kappa shape index (κ2) is 4.41. The number of hydrogen-bond donors (Lipinski definition) is 2. The highest BCUT2D eigenvalue weighted by molar-refractivity contribution is 6.02. The fourth-order valence-corrected chi connectivity index (χ4v) is 2.11. The summed E-state index contributed by atoms with van der Waals surface area (Å²) in [6.45, 7) is 1.80. The summed E-state index contributed by atoms with van der Waals surface area (Å²) in [5.74, 6) is -2.03. The molecule has 1 aromatic rings. The van der Waals surface area contributed by atoms with E-state index in [0.29, 0.717) is 0 Å². The van der Waals surface area contributed by atoms with E-state index in [1.54, 1.807) is 6.92 Å². The largest absolute Gasteiger partial charge is 0.369 e. The van der Waals surface area contributed by atoms with Crippen molar-refractivity contribution in [2.45, 2.75) is 12.8 Å². The van der Waals surface area contributed by atoms with Crippen LogP contribution >= 0.6 is 0 Å². The van der Waals surface area contributed by atoms with Gasteiger partial charge in [-0.3, -0.25) is 9.59 Å². The van der Waals surface area contributed by atoms with Gasteiger partial charge in [0.2, 0.25) is 11.8 Å². The maximum atomic E-state index is 11.8. The molecule has 3 N–H and O–H groups in total. The fraction of sp³-hybridized carbons (Fsp3) is 0.231. The molecular formula is C13H14N2O2. The number of rotatable bonds is 2. The van der Waals surface area contributed by atoms with Crippen LogP contribution in [0.15, 0.2) is 42.1 Å². The molecule has 2 rings (SSSR count). The lowest BCUT2D eigenvalue weighted by molar-refractivity contribution is -0.134. The van der Waals surface area contributed by atoms with E-state index < -0.39 is 11.8 Å². The summed E-state index contributed by atoms with van der Waals surface area (Å²) in [6.07, 6.45) is 1.87. The van der Waals surface area contributed by atoms with Crippen molar-refractivity contribution in [3.05, 3.63) is 47.7 Å². The van der Waals surface area contributed by atoms with Crippen LogP contribution in [0.25, 0.3) is 0 Å². The van der Waals surface area contributed by atoms with E-state index in [1.807, 2.05) is 36.4 Å². The first kappa shape index (κ1) is 11.4. The van der Waals surface area contributed by atoms with Gasteiger partial charge in [-0.15, -0.1) is 0 Å². The Hall–Kier alpha value is -2.10. The van der Waals surface area contributed by atoms with Gasteiger partial charge in [0, 0.05) is 11.6 Å². The molecule has 2 atom stereocenters. The van der Waals surface area contributed by atoms with Gasteiger partial charge < -0.3 is 11.1 Å². The molecule has 0 spiro atoms. The Morgan fingerprint density at radius 2 is 1.94 bits per heavy atom. The van der Waals surface area contributed by atoms with Crippen molar-refractivity contribution >= 4 is 11.8 Å². The maximum absolute atomic E-state index is 11.8. The van der Waals surface area contributed by atoms with Crippen LogP contribution in [0, 0.1) is 5.92 Å². The van der Waals surface area contributed by atoms with Crippen LogP contribution < -0.4 is 11.1 Å². The Balaban J connectivity index is 2.44. The number of amides is 2. The molecule has 4 heteroatoms. The van der Waals surface area contributed by atoms with Gasteiger partial charge in [0.1, 0.15) is 5.92 Å². The molecule has 0 saturated heterocycles. The smallest absolute Gasteiger partial charge is 0.237 e. The van der Waals surface area contributed by atoms with E-state index in [9.17, 15) is 9.59 Å². The van der Waals surface area contributed by atoms with Crippen molar-refractivity contribution in [1.29, 1.82) is 0 Å². The van der Waals surface area contributed by atoms with Crippen LogP contribution in [0.3, 0.4) is 0 Å². The van der Waals surface area contributed by atoms with E-state index in [-0.39, 0.29) is 11.8 Å². The zero-order valence-corrected chi connectivity index (χ0v) is 9.51. The predicted molar refractivity (Wildman–Crippen MR) is 63.8 cm³/mol. The second-order valence-electron chi connectivity index (χ2n) is 4.16. The van der Waals surface area contributed by atoms with E-state index >= 15 is 0 Å². The third kappa shape index (κ3) is 2.20. The summed E-state index contributed by atoms with van der Waals surface area (Å²) in [7, 11) is 0. The Bertz CT molecular complexity index is 479. The molecule has 4 nitrogen and oxygen atoms in total. The van der Waals surface area contributed by atoms with Crippen LogP contribution in [0.4, 0.5) is 0 Å². The van der Waals surface area contributed by atoms with Crippen molar-refractivity contribution < 1.29 is 9.59 Å². The number of primary amides is 1. The van der Waals surface area contributed by atoms with E-state index in [1.165, 1.54) is 0 Å². The Morgan fingerprint density at radius 3 is 2.53 bits per heavy atom. The third-order valence-corrected chi connectivity index (χ3v) is 2.88. The molecule has 2 unspecified atom stereocenters. The normalized spacial score (nSPS) is 23.8. The van der Waals surface area contributed by atoms with Crippen LogP contribution in [-0.4, -0.2) is 11.8 Å². The summed E-state index contributed by atoms with van der Waals surface area (Å²) in [5, 5.41) is 2.63. The average molecular weight is 230 g/mol. The Kier molecular flexibility index (Phi) is 2.95. The number of nitrogens with one attached hydrogen (secondary N) is 1. The lowest BCUT2D eigenvalue weighted by atomic mass is 9.82. The lowest BCUT2D eigenvalue weighted by Crippen LogP contribution is -2.44. The van der Waals surface area contributed by atoms with Crippen LogP contribution in [0.5, 0.6) is 0 Å². The highest BCUT2D eigenvalue weighted by atomic mass is 16.2. The first-order valence-corrected chi connectivity index (χ1v) is 5.43. The molecule has 1 aliphatic heterocycles. The number of carbonyl (C=O) groups is 2. The second-order valence-corrected chi connectivity index (χ2v) is 4.16. The van der Waals surface area contributed by atoms with Gasteiger partial charge >= 0.3 is 0 Å². The molecule has 0 radical (unpaired) electrons. The predicted octanol–water partition coefficient (Wildman–Crippen LogP) is 0.905. The minimum absolute atomic E-state index is 0.276. The minimum Gasteiger partial charge on any atom is -0.369 e. The van der Waals surface area contributed by atoms with Crippen molar-refractivity contribution in [1.82, 2.24) is 5.32 Å². The third-order valence-electron chi connectivity index (χ3n) is 2.88. The van der Waals surface area contributed by atoms with Crippen LogP contribution in [0.1, 0.15) is 18.4 Å². The summed E-state index contributed by atoms with van der Waals surface area (Å²) >= 11 is 0. The molecule has 0 aromatic heterocycles. The number of carbonyl (C=O) groups excluding carboxylic acids is 2. The van der Waals surface area contributed by atoms with Gasteiger partial charge in [-0.2, -0.15) is 0 Å². The lowest BCUT2D eigenvalue weighted by Gasteiger charge is -2.27. The molecule has 1 aromatic carbocycles. The van der Waals surface area contributed by atoms with Gasteiger partial charge in [0.25, 0.3) is 0 Å². The molecule has 0 aliphatic carbocycles. The number of nitrogens with two attached hydrogens (primary N) is 1. The number of allylic oxidation sites excluding steroid dienone is 2. The van der Waals surface area contributed by atoms with Gasteiger partial charge in [-0.05, 0) is 12.5 Å². The topological polar surface area (TPSA) is 72.2 Å². The molecular weight excluding hydrogens is 216 g/mol. The van der Waals surface area contributed by atoms with Crippen molar-refractivity contribution in [3.63, 3.8) is 0 Å². The Labute approximate surface area is 99.5 Å². The Morgan fingerprint density at radius 1 is 1.29 bits per heavy atom. The van der Waals surface area contributed by atoms with E-state index in [2.05, 4.69) is 5.32 Å². The van der Waals surface area contributed by atoms with Crippen molar-refractivity contribution in [2.24, 2.45) is 11.7 Å². The molecule has 0 bridgehead atoms. The SMILES string of the molecule is CC1=CC(c2ccccc2)C(C(N)=O)C(=O)N1.